The number of halogens is 2. The summed E-state index contributed by atoms with van der Waals surface area (Å²) in [7, 11) is 0. The van der Waals surface area contributed by atoms with E-state index in [1.807, 2.05) is 6.92 Å². The van der Waals surface area contributed by atoms with Gasteiger partial charge in [-0.2, -0.15) is 5.10 Å². The molecule has 0 bridgehead atoms. The standard InChI is InChI=1S/C18H14ClFN2O2/c1-2-15-16(18(23)24)17(11-3-7-13(20)8-4-11)21-22(15)14-9-5-12(19)6-10-14/h3-10H,2H2,1H3,(H,23,24). The molecule has 0 saturated heterocycles. The molecule has 0 radical (unpaired) electrons. The molecule has 0 aliphatic rings. The Balaban J connectivity index is 2.24. The first-order chi connectivity index (χ1) is 11.5. The van der Waals surface area contributed by atoms with Gasteiger partial charge in [-0.25, -0.2) is 13.9 Å². The largest absolute Gasteiger partial charge is 0.478 e. The van der Waals surface area contributed by atoms with E-state index in [0.29, 0.717) is 34.1 Å². The zero-order valence-corrected chi connectivity index (χ0v) is 13.6. The van der Waals surface area contributed by atoms with Gasteiger partial charge >= 0.3 is 5.97 Å². The third kappa shape index (κ3) is 2.90. The van der Waals surface area contributed by atoms with Crippen LogP contribution < -0.4 is 0 Å². The average molecular weight is 345 g/mol. The van der Waals surface area contributed by atoms with E-state index in [1.54, 1.807) is 28.9 Å². The van der Waals surface area contributed by atoms with Gasteiger partial charge in [0.15, 0.2) is 0 Å². The lowest BCUT2D eigenvalue weighted by Crippen LogP contribution is -2.05. The van der Waals surface area contributed by atoms with Crippen molar-refractivity contribution in [2.24, 2.45) is 0 Å². The first-order valence-corrected chi connectivity index (χ1v) is 7.76. The Labute approximate surface area is 143 Å². The van der Waals surface area contributed by atoms with Crippen LogP contribution in [-0.2, 0) is 6.42 Å². The Hall–Kier alpha value is -2.66. The second-order valence-electron chi connectivity index (χ2n) is 5.22. The smallest absolute Gasteiger partial charge is 0.339 e. The first kappa shape index (κ1) is 16.2. The number of aromatic carboxylic acids is 1. The maximum Gasteiger partial charge on any atom is 0.339 e. The number of carbonyl (C=O) groups is 1. The van der Waals surface area contributed by atoms with Gasteiger partial charge in [-0.3, -0.25) is 0 Å². The number of carboxylic acids is 1. The fourth-order valence-electron chi connectivity index (χ4n) is 2.61. The minimum absolute atomic E-state index is 0.124. The van der Waals surface area contributed by atoms with E-state index in [2.05, 4.69) is 5.10 Å². The normalized spacial score (nSPS) is 10.8. The summed E-state index contributed by atoms with van der Waals surface area (Å²) in [6.07, 6.45) is 0.485. The molecule has 2 aromatic carbocycles. The summed E-state index contributed by atoms with van der Waals surface area (Å²) < 4.78 is 14.8. The third-order valence-corrected chi connectivity index (χ3v) is 3.97. The van der Waals surface area contributed by atoms with Crippen LogP contribution in [0.15, 0.2) is 48.5 Å². The van der Waals surface area contributed by atoms with E-state index in [9.17, 15) is 14.3 Å². The Morgan fingerprint density at radius 2 is 1.79 bits per heavy atom. The number of aromatic nitrogens is 2. The van der Waals surface area contributed by atoms with Crippen molar-refractivity contribution in [1.29, 1.82) is 0 Å². The number of hydrogen-bond acceptors (Lipinski definition) is 2. The molecule has 122 valence electrons. The summed E-state index contributed by atoms with van der Waals surface area (Å²) in [6.45, 7) is 1.87. The molecule has 0 aliphatic heterocycles. The number of hydrogen-bond donors (Lipinski definition) is 1. The van der Waals surface area contributed by atoms with Crippen LogP contribution in [0.3, 0.4) is 0 Å². The number of carboxylic acid groups (broad SMARTS) is 1. The van der Waals surface area contributed by atoms with Crippen molar-refractivity contribution in [1.82, 2.24) is 9.78 Å². The topological polar surface area (TPSA) is 55.1 Å². The van der Waals surface area contributed by atoms with Crippen LogP contribution >= 0.6 is 11.6 Å². The minimum atomic E-state index is -1.06. The van der Waals surface area contributed by atoms with E-state index >= 15 is 0 Å². The van der Waals surface area contributed by atoms with Crippen molar-refractivity contribution >= 4 is 17.6 Å². The Kier molecular flexibility index (Phi) is 4.36. The summed E-state index contributed by atoms with van der Waals surface area (Å²) in [5, 5.41) is 14.7. The van der Waals surface area contributed by atoms with Crippen molar-refractivity contribution < 1.29 is 14.3 Å². The van der Waals surface area contributed by atoms with E-state index in [-0.39, 0.29) is 11.4 Å². The van der Waals surface area contributed by atoms with Gasteiger partial charge in [-0.05, 0) is 55.0 Å². The molecule has 3 rings (SSSR count). The first-order valence-electron chi connectivity index (χ1n) is 7.38. The van der Waals surface area contributed by atoms with Crippen molar-refractivity contribution in [3.8, 4) is 16.9 Å². The highest BCUT2D eigenvalue weighted by molar-refractivity contribution is 6.30. The van der Waals surface area contributed by atoms with E-state index < -0.39 is 5.97 Å². The second-order valence-corrected chi connectivity index (χ2v) is 5.66. The maximum absolute atomic E-state index is 13.2. The molecule has 1 aromatic heterocycles. The zero-order chi connectivity index (χ0) is 17.3. The fraction of sp³-hybridized carbons (Fsp3) is 0.111. The van der Waals surface area contributed by atoms with E-state index in [1.165, 1.54) is 24.3 Å². The molecule has 0 unspecified atom stereocenters. The molecule has 0 atom stereocenters. The highest BCUT2D eigenvalue weighted by Crippen LogP contribution is 2.28. The molecule has 0 saturated carbocycles. The number of benzene rings is 2. The fourth-order valence-corrected chi connectivity index (χ4v) is 2.74. The molecule has 1 heterocycles. The molecule has 0 spiro atoms. The predicted octanol–water partition coefficient (Wildman–Crippen LogP) is 4.59. The quantitative estimate of drug-likeness (QED) is 0.753. The van der Waals surface area contributed by atoms with Gasteiger partial charge in [0.1, 0.15) is 17.1 Å². The summed E-state index contributed by atoms with van der Waals surface area (Å²) in [4.78, 5) is 11.8. The highest BCUT2D eigenvalue weighted by Gasteiger charge is 2.24. The molecule has 4 nitrogen and oxygen atoms in total. The Bertz CT molecular complexity index is 887. The molecule has 0 fully saturated rings. The lowest BCUT2D eigenvalue weighted by molar-refractivity contribution is 0.0696. The van der Waals surface area contributed by atoms with Gasteiger partial charge < -0.3 is 5.11 Å². The van der Waals surface area contributed by atoms with Crippen LogP contribution in [0.4, 0.5) is 4.39 Å². The Morgan fingerprint density at radius 3 is 2.33 bits per heavy atom. The molecule has 1 N–H and O–H groups in total. The monoisotopic (exact) mass is 344 g/mol. The van der Waals surface area contributed by atoms with Crippen molar-refractivity contribution in [3.05, 3.63) is 70.6 Å². The van der Waals surface area contributed by atoms with Gasteiger partial charge in [-0.15, -0.1) is 0 Å². The van der Waals surface area contributed by atoms with Crippen molar-refractivity contribution in [2.45, 2.75) is 13.3 Å². The van der Waals surface area contributed by atoms with Crippen LogP contribution in [0, 0.1) is 5.82 Å². The van der Waals surface area contributed by atoms with Gasteiger partial charge in [-0.1, -0.05) is 18.5 Å². The minimum Gasteiger partial charge on any atom is -0.478 e. The summed E-state index contributed by atoms with van der Waals surface area (Å²) in [5.74, 6) is -1.45. The van der Waals surface area contributed by atoms with Crippen LogP contribution in [0.2, 0.25) is 5.02 Å². The van der Waals surface area contributed by atoms with Gasteiger partial charge in [0.05, 0.1) is 11.4 Å². The highest BCUT2D eigenvalue weighted by atomic mass is 35.5. The third-order valence-electron chi connectivity index (χ3n) is 3.72. The van der Waals surface area contributed by atoms with Crippen LogP contribution in [-0.4, -0.2) is 20.9 Å². The molecule has 24 heavy (non-hydrogen) atoms. The molecule has 0 amide bonds. The Morgan fingerprint density at radius 1 is 1.17 bits per heavy atom. The van der Waals surface area contributed by atoms with Crippen molar-refractivity contribution in [2.75, 3.05) is 0 Å². The maximum atomic E-state index is 13.2. The summed E-state index contributed by atoms with van der Waals surface area (Å²) in [6, 6.07) is 12.6. The van der Waals surface area contributed by atoms with Gasteiger partial charge in [0.2, 0.25) is 0 Å². The average Bonchev–Trinajstić information content (AvgIpc) is 2.96. The predicted molar refractivity (Wildman–Crippen MR) is 90.3 cm³/mol. The van der Waals surface area contributed by atoms with Gasteiger partial charge in [0, 0.05) is 10.6 Å². The molecular formula is C18H14ClFN2O2. The van der Waals surface area contributed by atoms with Crippen LogP contribution in [0.1, 0.15) is 23.0 Å². The molecule has 3 aromatic rings. The van der Waals surface area contributed by atoms with E-state index in [0.717, 1.165) is 0 Å². The van der Waals surface area contributed by atoms with Crippen LogP contribution in [0.5, 0.6) is 0 Å². The summed E-state index contributed by atoms with van der Waals surface area (Å²) >= 11 is 5.91. The summed E-state index contributed by atoms with van der Waals surface area (Å²) in [5.41, 5.74) is 2.28. The molecule has 0 aliphatic carbocycles. The lowest BCUT2D eigenvalue weighted by atomic mass is 10.0. The molecular weight excluding hydrogens is 331 g/mol. The number of rotatable bonds is 4. The lowest BCUT2D eigenvalue weighted by Gasteiger charge is -2.06. The van der Waals surface area contributed by atoms with Gasteiger partial charge in [0.25, 0.3) is 0 Å². The van der Waals surface area contributed by atoms with Crippen molar-refractivity contribution in [3.63, 3.8) is 0 Å². The molecule has 6 heteroatoms. The SMILES string of the molecule is CCc1c(C(=O)O)c(-c2ccc(F)cc2)nn1-c1ccc(Cl)cc1. The van der Waals surface area contributed by atoms with E-state index in [4.69, 9.17) is 11.6 Å². The second kappa shape index (κ2) is 6.45. The zero-order valence-electron chi connectivity index (χ0n) is 12.8. The van der Waals surface area contributed by atoms with Crippen LogP contribution in [0.25, 0.3) is 16.9 Å². The number of nitrogens with zero attached hydrogens (tertiary/aromatic N) is 2.